The van der Waals surface area contributed by atoms with Gasteiger partial charge in [0.1, 0.15) is 6.54 Å². The van der Waals surface area contributed by atoms with E-state index in [2.05, 4.69) is 22.6 Å². The zero-order valence-electron chi connectivity index (χ0n) is 15.6. The number of rotatable bonds is 10. The van der Waals surface area contributed by atoms with Gasteiger partial charge in [0.05, 0.1) is 26.0 Å². The molecule has 2 aromatic rings. The summed E-state index contributed by atoms with van der Waals surface area (Å²) in [5.41, 5.74) is 0.645. The summed E-state index contributed by atoms with van der Waals surface area (Å²) >= 11 is 0. The van der Waals surface area contributed by atoms with Gasteiger partial charge < -0.3 is 19.9 Å². The lowest BCUT2D eigenvalue weighted by Gasteiger charge is -2.17. The molecule has 0 saturated carbocycles. The average molecular weight is 376 g/mol. The molecule has 27 heavy (non-hydrogen) atoms. The molecule has 2 N–H and O–H groups in total. The molecule has 2 rings (SSSR count). The minimum atomic E-state index is -1.19. The lowest BCUT2D eigenvalue weighted by Crippen LogP contribution is -2.30. The molecular formula is C18H24N4O5. The fourth-order valence-electron chi connectivity index (χ4n) is 2.39. The van der Waals surface area contributed by atoms with E-state index >= 15 is 0 Å². The number of aromatic carboxylic acids is 1. The van der Waals surface area contributed by atoms with Crippen LogP contribution < -0.4 is 14.8 Å². The first-order valence-corrected chi connectivity index (χ1v) is 8.68. The van der Waals surface area contributed by atoms with Gasteiger partial charge in [-0.2, -0.15) is 0 Å². The third-order valence-electron chi connectivity index (χ3n) is 3.88. The Morgan fingerprint density at radius 2 is 2.11 bits per heavy atom. The van der Waals surface area contributed by atoms with E-state index in [1.54, 1.807) is 7.11 Å². The molecule has 0 spiro atoms. The molecule has 1 atom stereocenters. The quantitative estimate of drug-likeness (QED) is 0.610. The summed E-state index contributed by atoms with van der Waals surface area (Å²) in [5, 5.41) is 18.8. The minimum Gasteiger partial charge on any atom is -0.493 e. The number of methoxy groups -OCH3 is 1. The van der Waals surface area contributed by atoms with Gasteiger partial charge in [-0.15, -0.1) is 5.10 Å². The Labute approximate surface area is 157 Å². The van der Waals surface area contributed by atoms with Crippen molar-refractivity contribution in [1.82, 2.24) is 20.3 Å². The number of carbonyl (C=O) groups is 2. The number of nitrogens with one attached hydrogen (secondary N) is 1. The largest absolute Gasteiger partial charge is 0.493 e. The molecule has 0 saturated heterocycles. The molecule has 0 bridgehead atoms. The van der Waals surface area contributed by atoms with Gasteiger partial charge in [-0.05, 0) is 31.0 Å². The number of ether oxygens (including phenoxy) is 2. The van der Waals surface area contributed by atoms with Gasteiger partial charge in [0.25, 0.3) is 0 Å². The van der Waals surface area contributed by atoms with Crippen LogP contribution in [0.2, 0.25) is 0 Å². The van der Waals surface area contributed by atoms with Crippen molar-refractivity contribution in [3.05, 3.63) is 35.7 Å². The summed E-state index contributed by atoms with van der Waals surface area (Å²) in [4.78, 5) is 23.0. The number of amides is 1. The fraction of sp³-hybridized carbons (Fsp3) is 0.444. The number of carbonyl (C=O) groups excluding carboxylic acids is 1. The molecule has 1 amide bonds. The topological polar surface area (TPSA) is 116 Å². The molecule has 146 valence electrons. The van der Waals surface area contributed by atoms with E-state index in [0.717, 1.165) is 18.4 Å². The smallest absolute Gasteiger partial charge is 0.358 e. The molecule has 1 heterocycles. The van der Waals surface area contributed by atoms with E-state index in [9.17, 15) is 9.59 Å². The summed E-state index contributed by atoms with van der Waals surface area (Å²) < 4.78 is 12.3. The second-order valence-corrected chi connectivity index (χ2v) is 6.01. The standard InChI is InChI=1S/C18H24N4O5/c1-4-5-8-27-15-7-6-13(9-16(15)26-3)12(2)19-17(23)11-22-10-14(18(24)25)20-21-22/h6-7,9-10,12H,4-5,8,11H2,1-3H3,(H,19,23)(H,24,25). The lowest BCUT2D eigenvalue weighted by molar-refractivity contribution is -0.122. The van der Waals surface area contributed by atoms with Gasteiger partial charge in [0.15, 0.2) is 17.2 Å². The maximum atomic E-state index is 12.2. The molecule has 9 nitrogen and oxygen atoms in total. The van der Waals surface area contributed by atoms with Crippen molar-refractivity contribution >= 4 is 11.9 Å². The van der Waals surface area contributed by atoms with Gasteiger partial charge in [-0.1, -0.05) is 24.6 Å². The van der Waals surface area contributed by atoms with Crippen molar-refractivity contribution in [3.63, 3.8) is 0 Å². The monoisotopic (exact) mass is 376 g/mol. The van der Waals surface area contributed by atoms with E-state index in [-0.39, 0.29) is 24.2 Å². The van der Waals surface area contributed by atoms with Crippen LogP contribution in [0.5, 0.6) is 11.5 Å². The summed E-state index contributed by atoms with van der Waals surface area (Å²) in [7, 11) is 1.57. The second-order valence-electron chi connectivity index (χ2n) is 6.01. The van der Waals surface area contributed by atoms with Crippen molar-refractivity contribution in [2.75, 3.05) is 13.7 Å². The van der Waals surface area contributed by atoms with Crippen molar-refractivity contribution in [2.45, 2.75) is 39.3 Å². The molecule has 0 fully saturated rings. The van der Waals surface area contributed by atoms with E-state index in [1.807, 2.05) is 25.1 Å². The first-order chi connectivity index (χ1) is 12.9. The first kappa shape index (κ1) is 20.2. The maximum absolute atomic E-state index is 12.2. The minimum absolute atomic E-state index is 0.125. The molecule has 1 aromatic heterocycles. The molecule has 0 aliphatic rings. The molecular weight excluding hydrogens is 352 g/mol. The third kappa shape index (κ3) is 5.70. The highest BCUT2D eigenvalue weighted by Gasteiger charge is 2.15. The number of benzene rings is 1. The number of carboxylic acid groups (broad SMARTS) is 1. The van der Waals surface area contributed by atoms with Crippen LogP contribution >= 0.6 is 0 Å². The van der Waals surface area contributed by atoms with Crippen molar-refractivity contribution < 1.29 is 24.2 Å². The predicted molar refractivity (Wildman–Crippen MR) is 96.9 cm³/mol. The molecule has 1 unspecified atom stereocenters. The Morgan fingerprint density at radius 1 is 1.33 bits per heavy atom. The number of hydrogen-bond donors (Lipinski definition) is 2. The predicted octanol–water partition coefficient (Wildman–Crippen LogP) is 2.04. The average Bonchev–Trinajstić information content (AvgIpc) is 3.10. The van der Waals surface area contributed by atoms with Gasteiger partial charge in [-0.3, -0.25) is 4.79 Å². The van der Waals surface area contributed by atoms with Gasteiger partial charge in [-0.25, -0.2) is 9.48 Å². The van der Waals surface area contributed by atoms with Gasteiger partial charge >= 0.3 is 5.97 Å². The Morgan fingerprint density at radius 3 is 2.74 bits per heavy atom. The van der Waals surface area contributed by atoms with Crippen molar-refractivity contribution in [2.24, 2.45) is 0 Å². The SMILES string of the molecule is CCCCOc1ccc(C(C)NC(=O)Cn2cc(C(=O)O)nn2)cc1OC. The van der Waals surface area contributed by atoms with Crippen LogP contribution in [0.4, 0.5) is 0 Å². The normalized spacial score (nSPS) is 11.7. The molecule has 0 aliphatic heterocycles. The third-order valence-corrected chi connectivity index (χ3v) is 3.88. The van der Waals surface area contributed by atoms with Crippen LogP contribution in [0, 0.1) is 0 Å². The number of carboxylic acids is 1. The highest BCUT2D eigenvalue weighted by Crippen LogP contribution is 2.30. The molecule has 0 radical (unpaired) electrons. The Hall–Kier alpha value is -3.10. The van der Waals surface area contributed by atoms with Crippen molar-refractivity contribution in [3.8, 4) is 11.5 Å². The molecule has 1 aromatic carbocycles. The highest BCUT2D eigenvalue weighted by molar-refractivity contribution is 5.84. The highest BCUT2D eigenvalue weighted by atomic mass is 16.5. The van der Waals surface area contributed by atoms with E-state index < -0.39 is 5.97 Å². The fourth-order valence-corrected chi connectivity index (χ4v) is 2.39. The first-order valence-electron chi connectivity index (χ1n) is 8.68. The molecule has 9 heteroatoms. The lowest BCUT2D eigenvalue weighted by atomic mass is 10.1. The number of nitrogens with zero attached hydrogens (tertiary/aromatic N) is 3. The summed E-state index contributed by atoms with van der Waals surface area (Å²) in [6, 6.07) is 5.23. The zero-order valence-corrected chi connectivity index (χ0v) is 15.6. The van der Waals surface area contributed by atoms with Crippen LogP contribution in [-0.2, 0) is 11.3 Å². The number of unbranched alkanes of at least 4 members (excludes halogenated alkanes) is 1. The van der Waals surface area contributed by atoms with Gasteiger partial charge in [0.2, 0.25) is 5.91 Å². The summed E-state index contributed by atoms with van der Waals surface area (Å²) in [5.74, 6) is -0.237. The Kier molecular flexibility index (Phi) is 7.16. The maximum Gasteiger partial charge on any atom is 0.358 e. The van der Waals surface area contributed by atoms with Crippen LogP contribution in [0.3, 0.4) is 0 Å². The van der Waals surface area contributed by atoms with E-state index in [1.165, 1.54) is 10.9 Å². The molecule has 0 aliphatic carbocycles. The Bertz CT molecular complexity index is 790. The number of hydrogen-bond acceptors (Lipinski definition) is 6. The van der Waals surface area contributed by atoms with Gasteiger partial charge in [0, 0.05) is 0 Å². The summed E-state index contributed by atoms with van der Waals surface area (Å²) in [6.07, 6.45) is 3.21. The van der Waals surface area contributed by atoms with Crippen LogP contribution in [0.25, 0.3) is 0 Å². The summed E-state index contributed by atoms with van der Waals surface area (Å²) in [6.45, 7) is 4.43. The van der Waals surface area contributed by atoms with Crippen LogP contribution in [0.15, 0.2) is 24.4 Å². The number of aromatic nitrogens is 3. The van der Waals surface area contributed by atoms with E-state index in [0.29, 0.717) is 18.1 Å². The second kappa shape index (κ2) is 9.56. The van der Waals surface area contributed by atoms with Crippen LogP contribution in [0.1, 0.15) is 48.8 Å². The van der Waals surface area contributed by atoms with E-state index in [4.69, 9.17) is 14.6 Å². The van der Waals surface area contributed by atoms with Crippen molar-refractivity contribution in [1.29, 1.82) is 0 Å². The van der Waals surface area contributed by atoms with Crippen LogP contribution in [-0.4, -0.2) is 45.7 Å². The zero-order chi connectivity index (χ0) is 19.8. The Balaban J connectivity index is 1.98.